The van der Waals surface area contributed by atoms with Crippen LogP contribution in [0, 0.1) is 6.92 Å². The molecule has 1 unspecified atom stereocenters. The maximum Gasteiger partial charge on any atom is 0.305 e. The van der Waals surface area contributed by atoms with Crippen LogP contribution in [0.15, 0.2) is 6.33 Å². The molecule has 0 saturated carbocycles. The molecule has 25 heavy (non-hydrogen) atoms. The van der Waals surface area contributed by atoms with Gasteiger partial charge in [-0.15, -0.1) is 11.3 Å². The van der Waals surface area contributed by atoms with E-state index in [4.69, 9.17) is 9.84 Å². The van der Waals surface area contributed by atoms with Crippen molar-refractivity contribution >= 4 is 23.2 Å². The van der Waals surface area contributed by atoms with E-state index in [-0.39, 0.29) is 25.0 Å². The number of nitrogens with zero attached hydrogens (tertiary/aromatic N) is 4. The molecule has 0 aliphatic carbocycles. The first-order valence-corrected chi connectivity index (χ1v) is 8.82. The molecule has 2 N–H and O–H groups in total. The molecule has 3 heterocycles. The Morgan fingerprint density at radius 2 is 2.36 bits per heavy atom. The van der Waals surface area contributed by atoms with Gasteiger partial charge in [-0.1, -0.05) is 0 Å². The third-order valence-electron chi connectivity index (χ3n) is 3.94. The Labute approximate surface area is 148 Å². The van der Waals surface area contributed by atoms with E-state index in [1.807, 2.05) is 0 Å². The minimum atomic E-state index is -0.937. The molecular formula is C15H19N5O4S. The summed E-state index contributed by atoms with van der Waals surface area (Å²) >= 11 is 1.22. The first-order valence-electron chi connectivity index (χ1n) is 8.00. The van der Waals surface area contributed by atoms with Crippen LogP contribution in [0.1, 0.15) is 34.6 Å². The van der Waals surface area contributed by atoms with Gasteiger partial charge in [0.05, 0.1) is 18.2 Å². The van der Waals surface area contributed by atoms with Crippen LogP contribution in [0.25, 0.3) is 10.8 Å². The van der Waals surface area contributed by atoms with Gasteiger partial charge in [0.2, 0.25) is 0 Å². The second-order valence-corrected chi connectivity index (χ2v) is 6.80. The van der Waals surface area contributed by atoms with Gasteiger partial charge < -0.3 is 14.7 Å². The summed E-state index contributed by atoms with van der Waals surface area (Å²) in [5.74, 6) is -0.658. The van der Waals surface area contributed by atoms with Crippen molar-refractivity contribution in [2.45, 2.75) is 32.3 Å². The summed E-state index contributed by atoms with van der Waals surface area (Å²) in [4.78, 5) is 34.3. The molecule has 9 nitrogen and oxygen atoms in total. The molecule has 0 radical (unpaired) electrons. The molecule has 0 aromatic carbocycles. The zero-order valence-corrected chi connectivity index (χ0v) is 14.6. The van der Waals surface area contributed by atoms with Crippen LogP contribution in [0.2, 0.25) is 0 Å². The third-order valence-corrected chi connectivity index (χ3v) is 5.09. The normalized spacial score (nSPS) is 16.9. The molecule has 1 aliphatic heterocycles. The highest BCUT2D eigenvalue weighted by molar-refractivity contribution is 7.17. The number of aromatic nitrogens is 4. The maximum atomic E-state index is 13.0. The van der Waals surface area contributed by atoms with Gasteiger partial charge in [-0.25, -0.2) is 9.97 Å². The predicted octanol–water partition coefficient (Wildman–Crippen LogP) is 1.33. The highest BCUT2D eigenvalue weighted by Gasteiger charge is 2.27. The number of carbonyl (C=O) groups is 2. The molecule has 2 aromatic rings. The molecule has 1 aliphatic rings. The summed E-state index contributed by atoms with van der Waals surface area (Å²) in [6.45, 7) is 2.97. The molecule has 1 atom stereocenters. The number of rotatable bonds is 7. The monoisotopic (exact) mass is 365 g/mol. The average Bonchev–Trinajstić information content (AvgIpc) is 3.31. The molecule has 1 fully saturated rings. The number of aliphatic carboxylic acids is 1. The maximum absolute atomic E-state index is 13.0. The number of ether oxygens (including phenoxy) is 1. The number of carboxylic acid groups (broad SMARTS) is 1. The molecule has 2 aromatic heterocycles. The highest BCUT2D eigenvalue weighted by Crippen LogP contribution is 2.27. The number of hydrogen-bond donors (Lipinski definition) is 2. The zero-order chi connectivity index (χ0) is 17.8. The number of thiazole rings is 1. The average molecular weight is 365 g/mol. The number of nitrogens with one attached hydrogen (secondary N) is 1. The Bertz CT molecular complexity index is 739. The SMILES string of the molecule is Cc1nc(-c2ncn[nH]2)sc1C(=O)N(CCC(=O)O)CC1CCCO1. The molecule has 134 valence electrons. The van der Waals surface area contributed by atoms with Crippen LogP contribution in [-0.2, 0) is 9.53 Å². The summed E-state index contributed by atoms with van der Waals surface area (Å²) < 4.78 is 5.59. The van der Waals surface area contributed by atoms with Gasteiger partial charge in [0.1, 0.15) is 11.2 Å². The summed E-state index contributed by atoms with van der Waals surface area (Å²) in [7, 11) is 0. The van der Waals surface area contributed by atoms with E-state index in [9.17, 15) is 9.59 Å². The van der Waals surface area contributed by atoms with Gasteiger partial charge in [0, 0.05) is 19.7 Å². The Balaban J connectivity index is 1.79. The van der Waals surface area contributed by atoms with Crippen molar-refractivity contribution in [2.75, 3.05) is 19.7 Å². The first kappa shape index (κ1) is 17.5. The smallest absolute Gasteiger partial charge is 0.305 e. The standard InChI is InChI=1S/C15H19N5O4S/c1-9-12(25-14(18-9)13-16-8-17-19-13)15(23)20(5-4-11(21)22)7-10-3-2-6-24-10/h8,10H,2-7H2,1H3,(H,21,22)(H,16,17,19). The van der Waals surface area contributed by atoms with Crippen molar-refractivity contribution in [3.63, 3.8) is 0 Å². The second kappa shape index (κ2) is 7.70. The molecule has 1 amide bonds. The molecule has 0 bridgehead atoms. The fraction of sp³-hybridized carbons (Fsp3) is 0.533. The van der Waals surface area contributed by atoms with Crippen LogP contribution in [0.4, 0.5) is 0 Å². The van der Waals surface area contributed by atoms with Crippen LogP contribution >= 0.6 is 11.3 Å². The minimum absolute atomic E-state index is 0.0419. The van der Waals surface area contributed by atoms with E-state index in [0.29, 0.717) is 34.6 Å². The minimum Gasteiger partial charge on any atom is -0.481 e. The molecular weight excluding hydrogens is 346 g/mol. The molecule has 10 heteroatoms. The van der Waals surface area contributed by atoms with Crippen molar-refractivity contribution in [1.29, 1.82) is 0 Å². The summed E-state index contributed by atoms with van der Waals surface area (Å²) in [6, 6.07) is 0. The fourth-order valence-corrected chi connectivity index (χ4v) is 3.67. The van der Waals surface area contributed by atoms with Crippen LogP contribution < -0.4 is 0 Å². The van der Waals surface area contributed by atoms with Crippen LogP contribution in [-0.4, -0.2) is 67.8 Å². The number of carboxylic acids is 1. The van der Waals surface area contributed by atoms with Gasteiger partial charge >= 0.3 is 5.97 Å². The Morgan fingerprint density at radius 1 is 1.52 bits per heavy atom. The van der Waals surface area contributed by atoms with Gasteiger partial charge in [0.25, 0.3) is 5.91 Å². The van der Waals surface area contributed by atoms with Gasteiger partial charge in [-0.3, -0.25) is 14.7 Å². The molecule has 1 saturated heterocycles. The lowest BCUT2D eigenvalue weighted by molar-refractivity contribution is -0.137. The Morgan fingerprint density at radius 3 is 3.00 bits per heavy atom. The third kappa shape index (κ3) is 4.20. The van der Waals surface area contributed by atoms with Crippen molar-refractivity contribution in [2.24, 2.45) is 0 Å². The lowest BCUT2D eigenvalue weighted by atomic mass is 10.2. The van der Waals surface area contributed by atoms with E-state index in [2.05, 4.69) is 20.2 Å². The van der Waals surface area contributed by atoms with Gasteiger partial charge in [-0.05, 0) is 19.8 Å². The van der Waals surface area contributed by atoms with Crippen molar-refractivity contribution < 1.29 is 19.4 Å². The summed E-state index contributed by atoms with van der Waals surface area (Å²) in [5.41, 5.74) is 0.592. The number of carbonyl (C=O) groups excluding carboxylic acids is 1. The number of aromatic amines is 1. The fourth-order valence-electron chi connectivity index (χ4n) is 2.69. The van der Waals surface area contributed by atoms with E-state index >= 15 is 0 Å². The Hall–Kier alpha value is -2.33. The van der Waals surface area contributed by atoms with Crippen LogP contribution in [0.3, 0.4) is 0 Å². The lowest BCUT2D eigenvalue weighted by Crippen LogP contribution is -2.38. The topological polar surface area (TPSA) is 121 Å². The quantitative estimate of drug-likeness (QED) is 0.759. The second-order valence-electron chi connectivity index (χ2n) is 5.80. The first-order chi connectivity index (χ1) is 12.0. The zero-order valence-electron chi connectivity index (χ0n) is 13.8. The van der Waals surface area contributed by atoms with E-state index in [1.54, 1.807) is 11.8 Å². The van der Waals surface area contributed by atoms with E-state index in [1.165, 1.54) is 17.7 Å². The van der Waals surface area contributed by atoms with E-state index in [0.717, 1.165) is 12.8 Å². The van der Waals surface area contributed by atoms with Crippen molar-refractivity contribution in [3.8, 4) is 10.8 Å². The lowest BCUT2D eigenvalue weighted by Gasteiger charge is -2.24. The van der Waals surface area contributed by atoms with Gasteiger partial charge in [-0.2, -0.15) is 5.10 Å². The number of aryl methyl sites for hydroxylation is 1. The van der Waals surface area contributed by atoms with Gasteiger partial charge in [0.15, 0.2) is 10.8 Å². The Kier molecular flexibility index (Phi) is 5.39. The van der Waals surface area contributed by atoms with Crippen LogP contribution in [0.5, 0.6) is 0 Å². The molecule has 0 spiro atoms. The summed E-state index contributed by atoms with van der Waals surface area (Å²) in [6.07, 6.45) is 3.07. The number of amides is 1. The predicted molar refractivity (Wildman–Crippen MR) is 89.4 cm³/mol. The van der Waals surface area contributed by atoms with Crippen molar-refractivity contribution in [3.05, 3.63) is 16.9 Å². The van der Waals surface area contributed by atoms with E-state index < -0.39 is 5.97 Å². The highest BCUT2D eigenvalue weighted by atomic mass is 32.1. The number of hydrogen-bond acceptors (Lipinski definition) is 7. The summed E-state index contributed by atoms with van der Waals surface area (Å²) in [5, 5.41) is 16.1. The van der Waals surface area contributed by atoms with Crippen molar-refractivity contribution in [1.82, 2.24) is 25.1 Å². The number of H-pyrrole nitrogens is 1. The largest absolute Gasteiger partial charge is 0.481 e. The molecule has 3 rings (SSSR count).